The smallest absolute Gasteiger partial charge is 0.304 e. The average molecular weight is 400 g/mol. The Morgan fingerprint density at radius 1 is 1.15 bits per heavy atom. The number of carbonyl (C=O) groups excluding carboxylic acids is 1. The number of benzene rings is 2. The highest BCUT2D eigenvalue weighted by molar-refractivity contribution is 7.90. The van der Waals surface area contributed by atoms with Gasteiger partial charge in [0.15, 0.2) is 0 Å². The molecule has 1 N–H and O–H groups in total. The SMILES string of the molecule is Cc1ccc(NC(=O)CN(c2ccc(F)cc2)S(=O)(=O)N(C)C)cc1Cl. The molecule has 0 spiro atoms. The van der Waals surface area contributed by atoms with Gasteiger partial charge in [-0.05, 0) is 48.9 Å². The predicted octanol–water partition coefficient (Wildman–Crippen LogP) is 3.04. The van der Waals surface area contributed by atoms with E-state index in [2.05, 4.69) is 5.32 Å². The van der Waals surface area contributed by atoms with E-state index in [1.165, 1.54) is 26.2 Å². The van der Waals surface area contributed by atoms with Crippen LogP contribution in [0.2, 0.25) is 5.02 Å². The van der Waals surface area contributed by atoms with Crippen molar-refractivity contribution in [3.63, 3.8) is 0 Å². The van der Waals surface area contributed by atoms with Gasteiger partial charge in [-0.2, -0.15) is 12.7 Å². The number of carbonyl (C=O) groups is 1. The summed E-state index contributed by atoms with van der Waals surface area (Å²) in [6, 6.07) is 9.85. The van der Waals surface area contributed by atoms with E-state index in [0.29, 0.717) is 10.7 Å². The summed E-state index contributed by atoms with van der Waals surface area (Å²) in [6.07, 6.45) is 0. The van der Waals surface area contributed by atoms with E-state index >= 15 is 0 Å². The third kappa shape index (κ3) is 4.72. The van der Waals surface area contributed by atoms with Gasteiger partial charge in [0, 0.05) is 24.8 Å². The molecule has 0 aliphatic carbocycles. The number of rotatable bonds is 6. The quantitative estimate of drug-likeness (QED) is 0.811. The first-order valence-corrected chi connectivity index (χ1v) is 9.40. The van der Waals surface area contributed by atoms with Crippen molar-refractivity contribution in [2.45, 2.75) is 6.92 Å². The van der Waals surface area contributed by atoms with Crippen LogP contribution in [0.4, 0.5) is 15.8 Å². The van der Waals surface area contributed by atoms with E-state index in [-0.39, 0.29) is 5.69 Å². The van der Waals surface area contributed by atoms with Gasteiger partial charge in [-0.3, -0.25) is 4.79 Å². The molecule has 0 fully saturated rings. The molecular weight excluding hydrogens is 381 g/mol. The number of anilines is 2. The molecule has 0 aromatic heterocycles. The van der Waals surface area contributed by atoms with Crippen molar-refractivity contribution >= 4 is 39.1 Å². The molecule has 0 atom stereocenters. The molecule has 2 aromatic rings. The lowest BCUT2D eigenvalue weighted by molar-refractivity contribution is -0.114. The molecule has 0 aliphatic heterocycles. The van der Waals surface area contributed by atoms with Crippen LogP contribution in [0.3, 0.4) is 0 Å². The molecule has 6 nitrogen and oxygen atoms in total. The van der Waals surface area contributed by atoms with E-state index in [1.54, 1.807) is 18.2 Å². The summed E-state index contributed by atoms with van der Waals surface area (Å²) in [5.41, 5.74) is 1.48. The van der Waals surface area contributed by atoms with Gasteiger partial charge in [-0.15, -0.1) is 0 Å². The summed E-state index contributed by atoms with van der Waals surface area (Å²) < 4.78 is 40.2. The van der Waals surface area contributed by atoms with Crippen molar-refractivity contribution in [2.24, 2.45) is 0 Å². The number of aryl methyl sites for hydroxylation is 1. The van der Waals surface area contributed by atoms with Crippen molar-refractivity contribution in [2.75, 3.05) is 30.3 Å². The van der Waals surface area contributed by atoms with Crippen molar-refractivity contribution in [3.8, 4) is 0 Å². The minimum absolute atomic E-state index is 0.178. The molecule has 1 amide bonds. The summed E-state index contributed by atoms with van der Waals surface area (Å²) in [7, 11) is -1.25. The molecule has 9 heteroatoms. The lowest BCUT2D eigenvalue weighted by atomic mass is 10.2. The van der Waals surface area contributed by atoms with Gasteiger partial charge in [-0.1, -0.05) is 17.7 Å². The fourth-order valence-electron chi connectivity index (χ4n) is 2.11. The van der Waals surface area contributed by atoms with Gasteiger partial charge in [0.05, 0.1) is 5.69 Å². The minimum Gasteiger partial charge on any atom is -0.324 e. The molecule has 0 aliphatic rings. The Bertz CT molecular complexity index is 902. The monoisotopic (exact) mass is 399 g/mol. The number of amides is 1. The lowest BCUT2D eigenvalue weighted by Crippen LogP contribution is -2.44. The highest BCUT2D eigenvalue weighted by Gasteiger charge is 2.27. The normalized spacial score (nSPS) is 11.5. The first-order valence-electron chi connectivity index (χ1n) is 7.63. The summed E-state index contributed by atoms with van der Waals surface area (Å²) in [4.78, 5) is 12.4. The lowest BCUT2D eigenvalue weighted by Gasteiger charge is -2.27. The largest absolute Gasteiger partial charge is 0.324 e. The predicted molar refractivity (Wildman–Crippen MR) is 101 cm³/mol. The molecule has 0 unspecified atom stereocenters. The molecule has 0 saturated heterocycles. The number of hydrogen-bond donors (Lipinski definition) is 1. The van der Waals surface area contributed by atoms with Gasteiger partial charge in [0.1, 0.15) is 12.4 Å². The standard InChI is InChI=1S/C17H19ClFN3O3S/c1-12-4-7-14(10-16(12)18)20-17(23)11-22(26(24,25)21(2)3)15-8-5-13(19)6-9-15/h4-10H,11H2,1-3H3,(H,20,23). The van der Waals surface area contributed by atoms with E-state index in [9.17, 15) is 17.6 Å². The van der Waals surface area contributed by atoms with E-state index in [0.717, 1.165) is 26.3 Å². The molecule has 0 heterocycles. The zero-order chi connectivity index (χ0) is 19.5. The summed E-state index contributed by atoms with van der Waals surface area (Å²) >= 11 is 6.03. The van der Waals surface area contributed by atoms with Crippen molar-refractivity contribution in [1.82, 2.24) is 4.31 Å². The van der Waals surface area contributed by atoms with Crippen LogP contribution in [0.5, 0.6) is 0 Å². The molecule has 2 aromatic carbocycles. The Labute approximate surface area is 157 Å². The molecule has 0 bridgehead atoms. The first kappa shape index (κ1) is 20.2. The van der Waals surface area contributed by atoms with Crippen LogP contribution in [0.15, 0.2) is 42.5 Å². The maximum absolute atomic E-state index is 13.2. The third-order valence-corrected chi connectivity index (χ3v) is 5.82. The van der Waals surface area contributed by atoms with Gasteiger partial charge < -0.3 is 5.32 Å². The molecular formula is C17H19ClFN3O3S. The summed E-state index contributed by atoms with van der Waals surface area (Å²) in [5.74, 6) is -1.06. The first-order chi connectivity index (χ1) is 12.1. The Hall–Kier alpha value is -2.16. The van der Waals surface area contributed by atoms with Crippen LogP contribution in [0, 0.1) is 12.7 Å². The maximum atomic E-state index is 13.2. The molecule has 140 valence electrons. The van der Waals surface area contributed by atoms with Gasteiger partial charge in [0.25, 0.3) is 0 Å². The zero-order valence-electron chi connectivity index (χ0n) is 14.5. The van der Waals surface area contributed by atoms with Crippen LogP contribution < -0.4 is 9.62 Å². The number of nitrogens with one attached hydrogen (secondary N) is 1. The van der Waals surface area contributed by atoms with Crippen LogP contribution in [-0.4, -0.2) is 39.3 Å². The Morgan fingerprint density at radius 2 is 1.77 bits per heavy atom. The highest BCUT2D eigenvalue weighted by atomic mass is 35.5. The highest BCUT2D eigenvalue weighted by Crippen LogP contribution is 2.22. The van der Waals surface area contributed by atoms with Gasteiger partial charge in [-0.25, -0.2) is 8.70 Å². The van der Waals surface area contributed by atoms with E-state index in [1.807, 2.05) is 6.92 Å². The minimum atomic E-state index is -3.95. The second-order valence-electron chi connectivity index (χ2n) is 5.79. The molecule has 2 rings (SSSR count). The average Bonchev–Trinajstić information content (AvgIpc) is 2.57. The number of halogens is 2. The summed E-state index contributed by atoms with van der Waals surface area (Å²) in [6.45, 7) is 1.35. The molecule has 0 radical (unpaired) electrons. The van der Waals surface area contributed by atoms with Crippen LogP contribution >= 0.6 is 11.6 Å². The van der Waals surface area contributed by atoms with E-state index < -0.39 is 28.5 Å². The second-order valence-corrected chi connectivity index (χ2v) is 8.26. The van der Waals surface area contributed by atoms with Gasteiger partial charge in [0.2, 0.25) is 5.91 Å². The number of hydrogen-bond acceptors (Lipinski definition) is 3. The molecule has 26 heavy (non-hydrogen) atoms. The second kappa shape index (κ2) is 8.03. The fraction of sp³-hybridized carbons (Fsp3) is 0.235. The van der Waals surface area contributed by atoms with E-state index in [4.69, 9.17) is 11.6 Å². The topological polar surface area (TPSA) is 69.7 Å². The Kier molecular flexibility index (Phi) is 6.22. The zero-order valence-corrected chi connectivity index (χ0v) is 16.1. The van der Waals surface area contributed by atoms with Crippen molar-refractivity contribution < 1.29 is 17.6 Å². The van der Waals surface area contributed by atoms with Crippen molar-refractivity contribution in [1.29, 1.82) is 0 Å². The fourth-order valence-corrected chi connectivity index (χ4v) is 3.36. The third-order valence-electron chi connectivity index (χ3n) is 3.60. The van der Waals surface area contributed by atoms with Crippen LogP contribution in [0.25, 0.3) is 0 Å². The van der Waals surface area contributed by atoms with Crippen molar-refractivity contribution in [3.05, 3.63) is 58.9 Å². The van der Waals surface area contributed by atoms with Crippen LogP contribution in [-0.2, 0) is 15.0 Å². The van der Waals surface area contributed by atoms with Gasteiger partial charge >= 0.3 is 10.2 Å². The van der Waals surface area contributed by atoms with Crippen LogP contribution in [0.1, 0.15) is 5.56 Å². The maximum Gasteiger partial charge on any atom is 0.304 e. The number of nitrogens with zero attached hydrogens (tertiary/aromatic N) is 2. The Balaban J connectivity index is 2.27. The Morgan fingerprint density at radius 3 is 2.31 bits per heavy atom. The summed E-state index contributed by atoms with van der Waals surface area (Å²) in [5, 5.41) is 3.10. The molecule has 0 saturated carbocycles.